The number of likely N-dealkylation sites (tertiary alicyclic amines) is 1. The highest BCUT2D eigenvalue weighted by Gasteiger charge is 2.25. The van der Waals surface area contributed by atoms with E-state index in [9.17, 15) is 9.90 Å². The van der Waals surface area contributed by atoms with Gasteiger partial charge in [0.2, 0.25) is 0 Å². The van der Waals surface area contributed by atoms with E-state index in [1.165, 1.54) is 5.56 Å². The normalized spacial score (nSPS) is 19.2. The molecule has 2 atom stereocenters. The van der Waals surface area contributed by atoms with Crippen LogP contribution in [-0.4, -0.2) is 35.1 Å². The Morgan fingerprint density at radius 2 is 1.92 bits per heavy atom. The number of carbonyl (C=O) groups is 1. The Morgan fingerprint density at radius 1 is 1.21 bits per heavy atom. The summed E-state index contributed by atoms with van der Waals surface area (Å²) < 4.78 is 0. The van der Waals surface area contributed by atoms with Gasteiger partial charge >= 0.3 is 0 Å². The first-order valence-electron chi connectivity index (χ1n) is 8.47. The van der Waals surface area contributed by atoms with E-state index in [-0.39, 0.29) is 12.0 Å². The first-order valence-corrected chi connectivity index (χ1v) is 8.47. The Hall–Kier alpha value is -2.17. The summed E-state index contributed by atoms with van der Waals surface area (Å²) in [5.41, 5.74) is 2.65. The lowest BCUT2D eigenvalue weighted by Crippen LogP contribution is -2.24. The predicted octanol–water partition coefficient (Wildman–Crippen LogP) is 3.14. The van der Waals surface area contributed by atoms with Gasteiger partial charge in [0.05, 0.1) is 6.10 Å². The van der Waals surface area contributed by atoms with Gasteiger partial charge in [-0.15, -0.1) is 0 Å². The van der Waals surface area contributed by atoms with Crippen molar-refractivity contribution in [3.63, 3.8) is 0 Å². The molecule has 4 nitrogen and oxygen atoms in total. The predicted molar refractivity (Wildman–Crippen MR) is 95.9 cm³/mol. The number of anilines is 1. The van der Waals surface area contributed by atoms with Crippen LogP contribution in [0.15, 0.2) is 54.6 Å². The van der Waals surface area contributed by atoms with Crippen LogP contribution in [0.5, 0.6) is 0 Å². The van der Waals surface area contributed by atoms with E-state index in [0.29, 0.717) is 11.5 Å². The monoisotopic (exact) mass is 324 g/mol. The van der Waals surface area contributed by atoms with E-state index < -0.39 is 0 Å². The van der Waals surface area contributed by atoms with E-state index in [1.54, 1.807) is 0 Å². The standard InChI is InChI=1S/C20H24N2O2/c1-15(23)18-11-12-22(14-18)13-16-7-9-17(10-8-16)20(24)21-19-5-3-2-4-6-19/h2-10,15,18,23H,11-14H2,1H3,(H,21,24). The Balaban J connectivity index is 1.56. The summed E-state index contributed by atoms with van der Waals surface area (Å²) in [4.78, 5) is 14.6. The Labute approximate surface area is 143 Å². The number of aliphatic hydroxyl groups is 1. The van der Waals surface area contributed by atoms with E-state index >= 15 is 0 Å². The topological polar surface area (TPSA) is 52.6 Å². The Kier molecular flexibility index (Phi) is 5.28. The molecule has 24 heavy (non-hydrogen) atoms. The lowest BCUT2D eigenvalue weighted by Gasteiger charge is -2.17. The third-order valence-electron chi connectivity index (χ3n) is 4.65. The summed E-state index contributed by atoms with van der Waals surface area (Å²) in [6, 6.07) is 17.2. The number of hydrogen-bond donors (Lipinski definition) is 2. The van der Waals surface area contributed by atoms with Gasteiger partial charge in [-0.05, 0) is 55.6 Å². The van der Waals surface area contributed by atoms with Crippen LogP contribution in [0.3, 0.4) is 0 Å². The minimum absolute atomic E-state index is 0.0944. The van der Waals surface area contributed by atoms with Crippen LogP contribution in [0.4, 0.5) is 5.69 Å². The molecule has 2 aromatic rings. The molecule has 1 aliphatic rings. The van der Waals surface area contributed by atoms with Crippen LogP contribution >= 0.6 is 0 Å². The van der Waals surface area contributed by atoms with Crippen LogP contribution in [0.2, 0.25) is 0 Å². The third kappa shape index (κ3) is 4.22. The van der Waals surface area contributed by atoms with Crippen LogP contribution in [-0.2, 0) is 6.54 Å². The first-order chi connectivity index (χ1) is 11.6. The fourth-order valence-corrected chi connectivity index (χ4v) is 3.14. The summed E-state index contributed by atoms with van der Waals surface area (Å²) in [6.45, 7) is 4.69. The van der Waals surface area contributed by atoms with Crippen molar-refractivity contribution in [2.24, 2.45) is 5.92 Å². The molecule has 0 radical (unpaired) electrons. The van der Waals surface area contributed by atoms with E-state index in [2.05, 4.69) is 10.2 Å². The lowest BCUT2D eigenvalue weighted by molar-refractivity contribution is 0.102. The molecule has 126 valence electrons. The second-order valence-electron chi connectivity index (χ2n) is 6.54. The van der Waals surface area contributed by atoms with Crippen molar-refractivity contribution in [3.05, 3.63) is 65.7 Å². The molecule has 1 heterocycles. The lowest BCUT2D eigenvalue weighted by atomic mass is 10.0. The molecule has 1 saturated heterocycles. The number of para-hydroxylation sites is 1. The summed E-state index contributed by atoms with van der Waals surface area (Å²) in [6.07, 6.45) is 0.814. The molecule has 4 heteroatoms. The van der Waals surface area contributed by atoms with Gasteiger partial charge in [-0.3, -0.25) is 9.69 Å². The SMILES string of the molecule is CC(O)C1CCN(Cc2ccc(C(=O)Nc3ccccc3)cc2)C1. The molecule has 1 aliphatic heterocycles. The van der Waals surface area contributed by atoms with Gasteiger partial charge in [0, 0.05) is 24.3 Å². The van der Waals surface area contributed by atoms with Gasteiger partial charge in [-0.25, -0.2) is 0 Å². The molecule has 0 aliphatic carbocycles. The highest BCUT2D eigenvalue weighted by Crippen LogP contribution is 2.21. The number of rotatable bonds is 5. The average molecular weight is 324 g/mol. The molecule has 0 saturated carbocycles. The quantitative estimate of drug-likeness (QED) is 0.888. The third-order valence-corrected chi connectivity index (χ3v) is 4.65. The second-order valence-corrected chi connectivity index (χ2v) is 6.54. The maximum atomic E-state index is 12.2. The largest absolute Gasteiger partial charge is 0.393 e. The molecule has 0 aromatic heterocycles. The number of aliphatic hydroxyl groups excluding tert-OH is 1. The summed E-state index contributed by atoms with van der Waals surface area (Å²) in [5.74, 6) is 0.281. The van der Waals surface area contributed by atoms with Crippen molar-refractivity contribution >= 4 is 11.6 Å². The molecule has 2 N–H and O–H groups in total. The van der Waals surface area contributed by atoms with Gasteiger partial charge in [-0.1, -0.05) is 30.3 Å². The van der Waals surface area contributed by atoms with Gasteiger partial charge in [0.25, 0.3) is 5.91 Å². The average Bonchev–Trinajstić information content (AvgIpc) is 3.05. The Bertz CT molecular complexity index is 668. The minimum Gasteiger partial charge on any atom is -0.393 e. The van der Waals surface area contributed by atoms with Crippen molar-refractivity contribution < 1.29 is 9.90 Å². The van der Waals surface area contributed by atoms with Crippen molar-refractivity contribution in [1.82, 2.24) is 4.90 Å². The van der Waals surface area contributed by atoms with Gasteiger partial charge in [0.15, 0.2) is 0 Å². The van der Waals surface area contributed by atoms with Crippen molar-refractivity contribution in [3.8, 4) is 0 Å². The number of carbonyl (C=O) groups excluding carboxylic acids is 1. The number of amides is 1. The van der Waals surface area contributed by atoms with Gasteiger partial charge < -0.3 is 10.4 Å². The zero-order valence-corrected chi connectivity index (χ0v) is 14.0. The molecular formula is C20H24N2O2. The number of nitrogens with one attached hydrogen (secondary N) is 1. The highest BCUT2D eigenvalue weighted by atomic mass is 16.3. The zero-order valence-electron chi connectivity index (χ0n) is 14.0. The molecule has 1 amide bonds. The zero-order chi connectivity index (χ0) is 16.9. The fourth-order valence-electron chi connectivity index (χ4n) is 3.14. The van der Waals surface area contributed by atoms with E-state index in [0.717, 1.165) is 31.7 Å². The Morgan fingerprint density at radius 3 is 2.54 bits per heavy atom. The molecule has 1 fully saturated rings. The molecule has 0 bridgehead atoms. The first kappa shape index (κ1) is 16.7. The smallest absolute Gasteiger partial charge is 0.255 e. The highest BCUT2D eigenvalue weighted by molar-refractivity contribution is 6.04. The van der Waals surface area contributed by atoms with E-state index in [1.807, 2.05) is 61.5 Å². The molecule has 3 rings (SSSR count). The minimum atomic E-state index is -0.237. The summed E-state index contributed by atoms with van der Waals surface area (Å²) in [7, 11) is 0. The van der Waals surface area contributed by atoms with Crippen LogP contribution in [0.1, 0.15) is 29.3 Å². The number of hydrogen-bond acceptors (Lipinski definition) is 3. The van der Waals surface area contributed by atoms with Gasteiger partial charge in [0.1, 0.15) is 0 Å². The summed E-state index contributed by atoms with van der Waals surface area (Å²) >= 11 is 0. The number of benzene rings is 2. The molecular weight excluding hydrogens is 300 g/mol. The fraction of sp³-hybridized carbons (Fsp3) is 0.350. The molecule has 2 unspecified atom stereocenters. The maximum Gasteiger partial charge on any atom is 0.255 e. The molecule has 2 aromatic carbocycles. The van der Waals surface area contributed by atoms with Crippen molar-refractivity contribution in [1.29, 1.82) is 0 Å². The van der Waals surface area contributed by atoms with Crippen LogP contribution in [0, 0.1) is 5.92 Å². The van der Waals surface area contributed by atoms with Crippen molar-refractivity contribution in [2.45, 2.75) is 26.0 Å². The van der Waals surface area contributed by atoms with Crippen LogP contribution < -0.4 is 5.32 Å². The summed E-state index contributed by atoms with van der Waals surface area (Å²) in [5, 5.41) is 12.6. The second kappa shape index (κ2) is 7.60. The van der Waals surface area contributed by atoms with E-state index in [4.69, 9.17) is 0 Å². The maximum absolute atomic E-state index is 12.2. The van der Waals surface area contributed by atoms with Crippen LogP contribution in [0.25, 0.3) is 0 Å². The van der Waals surface area contributed by atoms with Gasteiger partial charge in [-0.2, -0.15) is 0 Å². The molecule has 0 spiro atoms. The number of nitrogens with zero attached hydrogens (tertiary/aromatic N) is 1. The van der Waals surface area contributed by atoms with Crippen molar-refractivity contribution in [2.75, 3.05) is 18.4 Å².